The first-order valence-corrected chi connectivity index (χ1v) is 4.17. The Morgan fingerprint density at radius 3 is 3.21 bits per heavy atom. The highest BCUT2D eigenvalue weighted by Gasteiger charge is 2.16. The molecule has 1 atom stereocenters. The number of hydrogen-bond acceptors (Lipinski definition) is 3. The molecule has 1 heterocycles. The summed E-state index contributed by atoms with van der Waals surface area (Å²) in [4.78, 5) is 10.1. The van der Waals surface area contributed by atoms with Gasteiger partial charge in [0.05, 0.1) is 7.11 Å². The van der Waals surface area contributed by atoms with Crippen LogP contribution in [0.3, 0.4) is 0 Å². The first-order valence-electron chi connectivity index (χ1n) is 4.17. The van der Waals surface area contributed by atoms with Crippen LogP contribution in [0.2, 0.25) is 0 Å². The van der Waals surface area contributed by atoms with Gasteiger partial charge < -0.3 is 15.4 Å². The van der Waals surface area contributed by atoms with Crippen molar-refractivity contribution in [1.29, 1.82) is 0 Å². The number of carbonyl (C=O) groups excluding carboxylic acids is 1. The van der Waals surface area contributed by atoms with Crippen molar-refractivity contribution >= 4 is 6.41 Å². The van der Waals surface area contributed by atoms with Crippen molar-refractivity contribution in [2.45, 2.75) is 6.04 Å². The Morgan fingerprint density at radius 1 is 1.86 bits per heavy atom. The standard InChI is InChI=1S/C10H12N2O2/c1-3-8-4-10(14-2)9(12-5-8)6-11-7-13/h1,4-5,7,9,12H,6H2,2H3,(H,11,13). The fraction of sp³-hybridized carbons (Fsp3) is 0.300. The number of allylic oxidation sites excluding steroid dienone is 2. The van der Waals surface area contributed by atoms with Crippen LogP contribution in [-0.2, 0) is 9.53 Å². The van der Waals surface area contributed by atoms with Crippen LogP contribution in [0.4, 0.5) is 0 Å². The first-order chi connectivity index (χ1) is 6.81. The molecular formula is C10H12N2O2. The second kappa shape index (κ2) is 4.97. The minimum Gasteiger partial charge on any atom is -0.499 e. The van der Waals surface area contributed by atoms with Gasteiger partial charge in [-0.2, -0.15) is 0 Å². The summed E-state index contributed by atoms with van der Waals surface area (Å²) >= 11 is 0. The van der Waals surface area contributed by atoms with Gasteiger partial charge in [-0.15, -0.1) is 6.42 Å². The van der Waals surface area contributed by atoms with Crippen LogP contribution >= 0.6 is 0 Å². The summed E-state index contributed by atoms with van der Waals surface area (Å²) in [5, 5.41) is 5.61. The maximum Gasteiger partial charge on any atom is 0.207 e. The third-order valence-electron chi connectivity index (χ3n) is 1.89. The highest BCUT2D eigenvalue weighted by atomic mass is 16.5. The minimum absolute atomic E-state index is 0.0534. The Labute approximate surface area is 83.0 Å². The van der Waals surface area contributed by atoms with Gasteiger partial charge in [0, 0.05) is 18.3 Å². The summed E-state index contributed by atoms with van der Waals surface area (Å²) in [5.74, 6) is 3.21. The molecule has 1 unspecified atom stereocenters. The van der Waals surface area contributed by atoms with E-state index in [9.17, 15) is 4.79 Å². The van der Waals surface area contributed by atoms with E-state index in [1.54, 1.807) is 19.4 Å². The minimum atomic E-state index is -0.0534. The SMILES string of the molecule is C#CC1=CNC(CNC=O)C(OC)=C1. The van der Waals surface area contributed by atoms with Crippen molar-refractivity contribution in [3.63, 3.8) is 0 Å². The van der Waals surface area contributed by atoms with E-state index in [2.05, 4.69) is 16.6 Å². The van der Waals surface area contributed by atoms with Gasteiger partial charge in [0.1, 0.15) is 11.8 Å². The van der Waals surface area contributed by atoms with Crippen molar-refractivity contribution in [2.75, 3.05) is 13.7 Å². The molecule has 0 aliphatic carbocycles. The number of methoxy groups -OCH3 is 1. The van der Waals surface area contributed by atoms with Crippen LogP contribution in [-0.4, -0.2) is 26.1 Å². The van der Waals surface area contributed by atoms with E-state index in [-0.39, 0.29) is 6.04 Å². The molecule has 0 fully saturated rings. The molecule has 1 aliphatic heterocycles. The Morgan fingerprint density at radius 2 is 2.64 bits per heavy atom. The van der Waals surface area contributed by atoms with E-state index in [4.69, 9.17) is 11.2 Å². The molecular weight excluding hydrogens is 180 g/mol. The fourth-order valence-corrected chi connectivity index (χ4v) is 1.18. The van der Waals surface area contributed by atoms with E-state index in [0.29, 0.717) is 13.0 Å². The number of hydrogen-bond donors (Lipinski definition) is 2. The molecule has 1 amide bonds. The zero-order chi connectivity index (χ0) is 10.4. The lowest BCUT2D eigenvalue weighted by Crippen LogP contribution is -2.39. The third-order valence-corrected chi connectivity index (χ3v) is 1.89. The predicted octanol–water partition coefficient (Wildman–Crippen LogP) is -0.248. The first kappa shape index (κ1) is 10.2. The summed E-state index contributed by atoms with van der Waals surface area (Å²) < 4.78 is 5.14. The third kappa shape index (κ3) is 2.30. The number of amides is 1. The second-order valence-electron chi connectivity index (χ2n) is 2.74. The van der Waals surface area contributed by atoms with Gasteiger partial charge in [-0.3, -0.25) is 4.79 Å². The molecule has 0 spiro atoms. The van der Waals surface area contributed by atoms with Crippen LogP contribution in [0.25, 0.3) is 0 Å². The van der Waals surface area contributed by atoms with Gasteiger partial charge >= 0.3 is 0 Å². The van der Waals surface area contributed by atoms with E-state index < -0.39 is 0 Å². The average Bonchev–Trinajstić information content (AvgIpc) is 2.26. The summed E-state index contributed by atoms with van der Waals surface area (Å²) in [5.41, 5.74) is 0.726. The normalized spacial score (nSPS) is 19.6. The Balaban J connectivity index is 2.66. The van der Waals surface area contributed by atoms with Crippen molar-refractivity contribution < 1.29 is 9.53 Å². The fourth-order valence-electron chi connectivity index (χ4n) is 1.18. The highest BCUT2D eigenvalue weighted by Crippen LogP contribution is 2.12. The molecule has 0 saturated carbocycles. The molecule has 74 valence electrons. The smallest absolute Gasteiger partial charge is 0.207 e. The van der Waals surface area contributed by atoms with E-state index in [1.165, 1.54) is 0 Å². The second-order valence-corrected chi connectivity index (χ2v) is 2.74. The van der Waals surface area contributed by atoms with Gasteiger partial charge in [-0.25, -0.2) is 0 Å². The molecule has 0 aromatic heterocycles. The number of dihydropyridines is 1. The number of terminal acetylenes is 1. The summed E-state index contributed by atoms with van der Waals surface area (Å²) in [6.07, 6.45) is 9.38. The average molecular weight is 192 g/mol. The lowest BCUT2D eigenvalue weighted by molar-refractivity contribution is -0.109. The van der Waals surface area contributed by atoms with Gasteiger partial charge in [-0.05, 0) is 6.08 Å². The van der Waals surface area contributed by atoms with Crippen LogP contribution in [0.1, 0.15) is 0 Å². The zero-order valence-corrected chi connectivity index (χ0v) is 7.91. The lowest BCUT2D eigenvalue weighted by Gasteiger charge is -2.22. The van der Waals surface area contributed by atoms with Gasteiger partial charge in [-0.1, -0.05) is 5.92 Å². The molecule has 0 saturated heterocycles. The molecule has 0 aromatic carbocycles. The largest absolute Gasteiger partial charge is 0.499 e. The molecule has 0 bridgehead atoms. The van der Waals surface area contributed by atoms with Crippen molar-refractivity contribution in [3.05, 3.63) is 23.6 Å². The number of ether oxygens (including phenoxy) is 1. The van der Waals surface area contributed by atoms with Crippen molar-refractivity contribution in [2.24, 2.45) is 0 Å². The maximum absolute atomic E-state index is 10.1. The van der Waals surface area contributed by atoms with Crippen LogP contribution < -0.4 is 10.6 Å². The Hall–Kier alpha value is -1.89. The monoisotopic (exact) mass is 192 g/mol. The topological polar surface area (TPSA) is 50.4 Å². The predicted molar refractivity (Wildman–Crippen MR) is 53.0 cm³/mol. The zero-order valence-electron chi connectivity index (χ0n) is 7.91. The molecule has 0 aromatic rings. The molecule has 0 radical (unpaired) electrons. The van der Waals surface area contributed by atoms with Crippen LogP contribution in [0.5, 0.6) is 0 Å². The maximum atomic E-state index is 10.1. The number of nitrogens with one attached hydrogen (secondary N) is 2. The van der Waals surface area contributed by atoms with Gasteiger partial charge in [0.2, 0.25) is 6.41 Å². The van der Waals surface area contributed by atoms with Gasteiger partial charge in [0.15, 0.2) is 0 Å². The summed E-state index contributed by atoms with van der Waals surface area (Å²) in [6.45, 7) is 0.470. The molecule has 1 rings (SSSR count). The van der Waals surface area contributed by atoms with Gasteiger partial charge in [0.25, 0.3) is 0 Å². The van der Waals surface area contributed by atoms with Crippen LogP contribution in [0.15, 0.2) is 23.6 Å². The summed E-state index contributed by atoms with van der Waals surface area (Å²) in [7, 11) is 1.57. The lowest BCUT2D eigenvalue weighted by atomic mass is 10.1. The number of carbonyl (C=O) groups is 1. The quantitative estimate of drug-likeness (QED) is 0.477. The Bertz CT molecular complexity index is 313. The molecule has 14 heavy (non-hydrogen) atoms. The van der Waals surface area contributed by atoms with Crippen LogP contribution in [0, 0.1) is 12.3 Å². The van der Waals surface area contributed by atoms with E-state index in [1.807, 2.05) is 0 Å². The van der Waals surface area contributed by atoms with Crippen molar-refractivity contribution in [3.8, 4) is 12.3 Å². The number of rotatable bonds is 4. The Kier molecular flexibility index (Phi) is 3.62. The highest BCUT2D eigenvalue weighted by molar-refractivity contribution is 5.47. The van der Waals surface area contributed by atoms with Crippen molar-refractivity contribution in [1.82, 2.24) is 10.6 Å². The van der Waals surface area contributed by atoms with E-state index in [0.717, 1.165) is 11.3 Å². The molecule has 2 N–H and O–H groups in total. The summed E-state index contributed by atoms with van der Waals surface area (Å²) in [6, 6.07) is -0.0534. The molecule has 1 aliphatic rings. The molecule has 4 heteroatoms. The molecule has 4 nitrogen and oxygen atoms in total. The van der Waals surface area contributed by atoms with E-state index >= 15 is 0 Å².